The van der Waals surface area contributed by atoms with Crippen LogP contribution in [-0.4, -0.2) is 0 Å². The molecular formula is C12H22. The highest BCUT2D eigenvalue weighted by molar-refractivity contribution is 5.07. The zero-order valence-electron chi connectivity index (χ0n) is 8.77. The topological polar surface area (TPSA) is 0 Å². The van der Waals surface area contributed by atoms with Gasteiger partial charge in [0, 0.05) is 0 Å². The van der Waals surface area contributed by atoms with Gasteiger partial charge >= 0.3 is 0 Å². The smallest absolute Gasteiger partial charge is 0.0177 e. The summed E-state index contributed by atoms with van der Waals surface area (Å²) < 4.78 is 0. The van der Waals surface area contributed by atoms with Crippen molar-refractivity contribution < 1.29 is 0 Å². The largest absolute Gasteiger partial charge is 0.0882 e. The molecule has 0 aliphatic heterocycles. The second-order valence-electron chi connectivity index (χ2n) is 4.72. The lowest BCUT2D eigenvalue weighted by atomic mass is 10.1. The van der Waals surface area contributed by atoms with Crippen LogP contribution in [0, 0.1) is 11.3 Å². The van der Waals surface area contributed by atoms with Crippen molar-refractivity contribution >= 4 is 0 Å². The van der Waals surface area contributed by atoms with Crippen LogP contribution in [-0.2, 0) is 0 Å². The van der Waals surface area contributed by atoms with Crippen molar-refractivity contribution in [3.8, 4) is 0 Å². The van der Waals surface area contributed by atoms with Gasteiger partial charge in [0.05, 0.1) is 0 Å². The summed E-state index contributed by atoms with van der Waals surface area (Å²) in [5, 5.41) is 0. The zero-order valence-corrected chi connectivity index (χ0v) is 8.77. The Morgan fingerprint density at radius 1 is 1.33 bits per heavy atom. The maximum Gasteiger partial charge on any atom is -0.0177 e. The van der Waals surface area contributed by atoms with Crippen LogP contribution in [0.2, 0.25) is 0 Å². The lowest BCUT2D eigenvalue weighted by molar-refractivity contribution is 0.608. The summed E-state index contributed by atoms with van der Waals surface area (Å²) in [5.74, 6) is 0.888. The molecule has 0 amide bonds. The maximum absolute atomic E-state index is 2.43. The molecule has 0 spiro atoms. The Morgan fingerprint density at radius 3 is 2.50 bits per heavy atom. The molecule has 0 heterocycles. The SMILES string of the molecule is CCCCCC=CC1CC1(C)C. The highest BCUT2D eigenvalue weighted by Crippen LogP contribution is 2.52. The fraction of sp³-hybridized carbons (Fsp3) is 0.833. The number of unbranched alkanes of at least 4 members (excludes halogenated alkanes) is 3. The van der Waals surface area contributed by atoms with Crippen LogP contribution >= 0.6 is 0 Å². The molecule has 0 aromatic rings. The molecule has 0 N–H and O–H groups in total. The predicted molar refractivity (Wildman–Crippen MR) is 55.2 cm³/mol. The maximum atomic E-state index is 2.43. The van der Waals surface area contributed by atoms with E-state index in [0.717, 1.165) is 5.92 Å². The Morgan fingerprint density at radius 2 is 2.00 bits per heavy atom. The minimum Gasteiger partial charge on any atom is -0.0882 e. The minimum absolute atomic E-state index is 0.626. The Kier molecular flexibility index (Phi) is 3.37. The van der Waals surface area contributed by atoms with E-state index in [0.29, 0.717) is 5.41 Å². The Hall–Kier alpha value is -0.260. The van der Waals surface area contributed by atoms with E-state index < -0.39 is 0 Å². The van der Waals surface area contributed by atoms with Crippen LogP contribution in [0.25, 0.3) is 0 Å². The summed E-state index contributed by atoms with van der Waals surface area (Å²) in [6, 6.07) is 0. The number of hydrogen-bond donors (Lipinski definition) is 0. The Bertz CT molecular complexity index is 153. The van der Waals surface area contributed by atoms with E-state index in [2.05, 4.69) is 32.9 Å². The van der Waals surface area contributed by atoms with Crippen LogP contribution in [0.15, 0.2) is 12.2 Å². The van der Waals surface area contributed by atoms with Gasteiger partial charge in [0.2, 0.25) is 0 Å². The van der Waals surface area contributed by atoms with Gasteiger partial charge in [0.1, 0.15) is 0 Å². The van der Waals surface area contributed by atoms with Gasteiger partial charge in [-0.2, -0.15) is 0 Å². The molecule has 0 nitrogen and oxygen atoms in total. The van der Waals surface area contributed by atoms with Crippen LogP contribution in [0.4, 0.5) is 0 Å². The molecule has 1 rings (SSSR count). The number of rotatable bonds is 5. The first-order chi connectivity index (χ1) is 5.67. The van der Waals surface area contributed by atoms with Crippen molar-refractivity contribution in [1.82, 2.24) is 0 Å². The van der Waals surface area contributed by atoms with Gasteiger partial charge in [-0.05, 0) is 30.6 Å². The highest BCUT2D eigenvalue weighted by atomic mass is 14.5. The third-order valence-corrected chi connectivity index (χ3v) is 2.93. The molecule has 1 fully saturated rings. The summed E-state index contributed by atoms with van der Waals surface area (Å²) in [4.78, 5) is 0. The normalized spacial score (nSPS) is 26.4. The number of hydrogen-bond acceptors (Lipinski definition) is 0. The molecule has 1 aliphatic rings. The molecule has 0 aromatic carbocycles. The van der Waals surface area contributed by atoms with E-state index in [-0.39, 0.29) is 0 Å². The van der Waals surface area contributed by atoms with Crippen molar-refractivity contribution in [2.75, 3.05) is 0 Å². The molecule has 1 unspecified atom stereocenters. The molecule has 0 bridgehead atoms. The first-order valence-corrected chi connectivity index (χ1v) is 5.33. The van der Waals surface area contributed by atoms with E-state index in [1.54, 1.807) is 0 Å². The van der Waals surface area contributed by atoms with E-state index in [4.69, 9.17) is 0 Å². The van der Waals surface area contributed by atoms with Crippen molar-refractivity contribution in [3.63, 3.8) is 0 Å². The molecule has 1 atom stereocenters. The van der Waals surface area contributed by atoms with Crippen LogP contribution in [0.1, 0.15) is 52.9 Å². The lowest BCUT2D eigenvalue weighted by Gasteiger charge is -1.96. The molecule has 0 heteroatoms. The van der Waals surface area contributed by atoms with E-state index in [9.17, 15) is 0 Å². The molecule has 12 heavy (non-hydrogen) atoms. The minimum atomic E-state index is 0.626. The average molecular weight is 166 g/mol. The van der Waals surface area contributed by atoms with Crippen LogP contribution in [0.5, 0.6) is 0 Å². The quantitative estimate of drug-likeness (QED) is 0.425. The molecule has 0 radical (unpaired) electrons. The second-order valence-corrected chi connectivity index (χ2v) is 4.72. The summed E-state index contributed by atoms with van der Waals surface area (Å²) in [5.41, 5.74) is 0.626. The van der Waals surface area contributed by atoms with Crippen molar-refractivity contribution in [2.45, 2.75) is 52.9 Å². The standard InChI is InChI=1S/C12H22/c1-4-5-6-7-8-9-11-10-12(11,2)3/h8-9,11H,4-7,10H2,1-3H3. The van der Waals surface area contributed by atoms with Crippen molar-refractivity contribution in [1.29, 1.82) is 0 Å². The third kappa shape index (κ3) is 3.00. The molecule has 0 saturated heterocycles. The van der Waals surface area contributed by atoms with Crippen LogP contribution in [0.3, 0.4) is 0 Å². The van der Waals surface area contributed by atoms with Gasteiger partial charge in [-0.1, -0.05) is 45.8 Å². The Labute approximate surface area is 77.1 Å². The van der Waals surface area contributed by atoms with Crippen molar-refractivity contribution in [3.05, 3.63) is 12.2 Å². The average Bonchev–Trinajstić information content (AvgIpc) is 2.59. The van der Waals surface area contributed by atoms with E-state index in [1.807, 2.05) is 0 Å². The number of allylic oxidation sites excluding steroid dienone is 2. The molecule has 0 aromatic heterocycles. The third-order valence-electron chi connectivity index (χ3n) is 2.93. The van der Waals surface area contributed by atoms with Gasteiger partial charge in [-0.15, -0.1) is 0 Å². The highest BCUT2D eigenvalue weighted by Gasteiger charge is 2.43. The second kappa shape index (κ2) is 4.11. The Balaban J connectivity index is 2.00. The summed E-state index contributed by atoms with van der Waals surface area (Å²) in [7, 11) is 0. The van der Waals surface area contributed by atoms with Crippen LogP contribution < -0.4 is 0 Å². The summed E-state index contributed by atoms with van der Waals surface area (Å²) in [6.45, 7) is 6.97. The zero-order chi connectivity index (χ0) is 9.03. The molecule has 1 aliphatic carbocycles. The predicted octanol–water partition coefficient (Wildman–Crippen LogP) is 4.17. The summed E-state index contributed by atoms with van der Waals surface area (Å²) in [6.07, 6.45) is 11.6. The summed E-state index contributed by atoms with van der Waals surface area (Å²) >= 11 is 0. The van der Waals surface area contributed by atoms with E-state index >= 15 is 0 Å². The van der Waals surface area contributed by atoms with Gasteiger partial charge < -0.3 is 0 Å². The first-order valence-electron chi connectivity index (χ1n) is 5.33. The van der Waals surface area contributed by atoms with Gasteiger partial charge in [-0.25, -0.2) is 0 Å². The van der Waals surface area contributed by atoms with Gasteiger partial charge in [0.25, 0.3) is 0 Å². The molecule has 70 valence electrons. The first kappa shape index (κ1) is 9.83. The van der Waals surface area contributed by atoms with Gasteiger partial charge in [-0.3, -0.25) is 0 Å². The van der Waals surface area contributed by atoms with Crippen molar-refractivity contribution in [2.24, 2.45) is 11.3 Å². The van der Waals surface area contributed by atoms with Gasteiger partial charge in [0.15, 0.2) is 0 Å². The fourth-order valence-corrected chi connectivity index (χ4v) is 1.61. The molecule has 1 saturated carbocycles. The monoisotopic (exact) mass is 166 g/mol. The van der Waals surface area contributed by atoms with E-state index in [1.165, 1.54) is 32.1 Å². The lowest BCUT2D eigenvalue weighted by Crippen LogP contribution is -1.85. The fourth-order valence-electron chi connectivity index (χ4n) is 1.61. The molecular weight excluding hydrogens is 144 g/mol.